The van der Waals surface area contributed by atoms with E-state index in [1.54, 1.807) is 12.1 Å². The molecule has 0 amide bonds. The van der Waals surface area contributed by atoms with E-state index in [0.29, 0.717) is 11.7 Å². The molecule has 13 heavy (non-hydrogen) atoms. The average Bonchev–Trinajstić information content (AvgIpc) is 2.55. The molecule has 1 fully saturated rings. The molecule has 2 nitrogen and oxygen atoms in total. The van der Waals surface area contributed by atoms with Crippen molar-refractivity contribution in [2.75, 3.05) is 0 Å². The molecule has 1 aromatic carbocycles. The summed E-state index contributed by atoms with van der Waals surface area (Å²) >= 11 is 0. The zero-order chi connectivity index (χ0) is 9.64. The number of phenolic OH excluding ortho intramolecular Hbond substituents is 1. The van der Waals surface area contributed by atoms with E-state index in [2.05, 4.69) is 13.8 Å². The Morgan fingerprint density at radius 1 is 1.23 bits per heavy atom. The molecule has 0 radical (unpaired) electrons. The van der Waals surface area contributed by atoms with E-state index >= 15 is 0 Å². The maximum Gasteiger partial charge on any atom is 0.115 e. The number of hydrogen-bond donors (Lipinski definition) is 2. The quantitative estimate of drug-likeness (QED) is 0.687. The minimum atomic E-state index is 0.219. The molecule has 2 atom stereocenters. The fourth-order valence-electron chi connectivity index (χ4n) is 2.00. The lowest BCUT2D eigenvalue weighted by Crippen LogP contribution is -2.06. The summed E-state index contributed by atoms with van der Waals surface area (Å²) in [5, 5.41) is 9.12. The molecule has 0 bridgehead atoms. The zero-order valence-corrected chi connectivity index (χ0v) is 7.99. The Balaban J connectivity index is 2.25. The molecule has 2 rings (SSSR count). The highest BCUT2D eigenvalue weighted by molar-refractivity contribution is 5.36. The van der Waals surface area contributed by atoms with E-state index in [-0.39, 0.29) is 11.5 Å². The molecule has 0 unspecified atom stereocenters. The fourth-order valence-corrected chi connectivity index (χ4v) is 2.00. The van der Waals surface area contributed by atoms with Crippen molar-refractivity contribution < 1.29 is 5.11 Å². The number of aromatic hydroxyl groups is 1. The van der Waals surface area contributed by atoms with Crippen LogP contribution in [0.2, 0.25) is 0 Å². The summed E-state index contributed by atoms with van der Waals surface area (Å²) in [5.41, 5.74) is 7.40. The van der Waals surface area contributed by atoms with Gasteiger partial charge in [-0.2, -0.15) is 0 Å². The second-order valence-corrected chi connectivity index (χ2v) is 4.42. The van der Waals surface area contributed by atoms with Crippen LogP contribution in [0.3, 0.4) is 0 Å². The third-order valence-corrected chi connectivity index (χ3v) is 3.16. The lowest BCUT2D eigenvalue weighted by molar-refractivity contribution is 0.475. The van der Waals surface area contributed by atoms with Gasteiger partial charge in [-0.15, -0.1) is 0 Å². The van der Waals surface area contributed by atoms with Crippen LogP contribution in [-0.4, -0.2) is 11.1 Å². The molecule has 1 aliphatic carbocycles. The van der Waals surface area contributed by atoms with E-state index in [4.69, 9.17) is 10.8 Å². The Bertz CT molecular complexity index is 315. The van der Waals surface area contributed by atoms with Crippen LogP contribution in [-0.2, 0) is 0 Å². The monoisotopic (exact) mass is 177 g/mol. The van der Waals surface area contributed by atoms with Gasteiger partial charge in [0.1, 0.15) is 5.75 Å². The van der Waals surface area contributed by atoms with Crippen molar-refractivity contribution >= 4 is 0 Å². The maximum absolute atomic E-state index is 9.12. The van der Waals surface area contributed by atoms with Crippen LogP contribution in [0.5, 0.6) is 5.75 Å². The van der Waals surface area contributed by atoms with E-state index in [1.807, 2.05) is 12.1 Å². The van der Waals surface area contributed by atoms with Crippen LogP contribution < -0.4 is 5.73 Å². The van der Waals surface area contributed by atoms with Crippen molar-refractivity contribution in [3.63, 3.8) is 0 Å². The lowest BCUT2D eigenvalue weighted by atomic mass is 10.0. The van der Waals surface area contributed by atoms with Gasteiger partial charge < -0.3 is 10.8 Å². The van der Waals surface area contributed by atoms with Crippen LogP contribution in [0.25, 0.3) is 0 Å². The second kappa shape index (κ2) is 2.48. The molecule has 70 valence electrons. The number of hydrogen-bond acceptors (Lipinski definition) is 2. The lowest BCUT2D eigenvalue weighted by Gasteiger charge is -2.02. The molecule has 2 heteroatoms. The van der Waals surface area contributed by atoms with E-state index in [1.165, 1.54) is 5.56 Å². The molecule has 0 aromatic heterocycles. The van der Waals surface area contributed by atoms with Gasteiger partial charge in [-0.25, -0.2) is 0 Å². The third-order valence-electron chi connectivity index (χ3n) is 3.16. The van der Waals surface area contributed by atoms with Crippen LogP contribution in [0, 0.1) is 5.41 Å². The number of phenols is 1. The molecule has 0 aliphatic heterocycles. The van der Waals surface area contributed by atoms with Gasteiger partial charge in [0, 0.05) is 12.0 Å². The summed E-state index contributed by atoms with van der Waals surface area (Å²) < 4.78 is 0. The summed E-state index contributed by atoms with van der Waals surface area (Å²) in [6.45, 7) is 4.35. The molecule has 0 spiro atoms. The first-order valence-corrected chi connectivity index (χ1v) is 4.58. The van der Waals surface area contributed by atoms with Gasteiger partial charge in [0.25, 0.3) is 0 Å². The van der Waals surface area contributed by atoms with Crippen molar-refractivity contribution in [2.45, 2.75) is 25.8 Å². The van der Waals surface area contributed by atoms with Gasteiger partial charge >= 0.3 is 0 Å². The molecule has 1 aliphatic rings. The number of nitrogens with two attached hydrogens (primary N) is 1. The highest BCUT2D eigenvalue weighted by Crippen LogP contribution is 2.57. The molecule has 0 saturated heterocycles. The predicted molar refractivity (Wildman–Crippen MR) is 52.6 cm³/mol. The largest absolute Gasteiger partial charge is 0.508 e. The molecular weight excluding hydrogens is 162 g/mol. The molecule has 0 heterocycles. The topological polar surface area (TPSA) is 46.2 Å². The first-order valence-electron chi connectivity index (χ1n) is 4.58. The van der Waals surface area contributed by atoms with Gasteiger partial charge in [0.05, 0.1) is 0 Å². The van der Waals surface area contributed by atoms with Crippen LogP contribution in [0.4, 0.5) is 0 Å². The Morgan fingerprint density at radius 2 is 1.69 bits per heavy atom. The van der Waals surface area contributed by atoms with Crippen LogP contribution >= 0.6 is 0 Å². The molecular formula is C11H15NO. The number of rotatable bonds is 1. The number of benzene rings is 1. The summed E-state index contributed by atoms with van der Waals surface area (Å²) in [6.07, 6.45) is 0. The highest BCUT2D eigenvalue weighted by Gasteiger charge is 2.55. The van der Waals surface area contributed by atoms with Crippen molar-refractivity contribution in [3.8, 4) is 5.75 Å². The van der Waals surface area contributed by atoms with Crippen molar-refractivity contribution in [1.82, 2.24) is 0 Å². The third kappa shape index (κ3) is 1.22. The van der Waals surface area contributed by atoms with E-state index in [0.717, 1.165) is 0 Å². The Labute approximate surface area is 78.4 Å². The first-order chi connectivity index (χ1) is 6.03. The Hall–Kier alpha value is -1.02. The van der Waals surface area contributed by atoms with Gasteiger partial charge in [-0.3, -0.25) is 0 Å². The second-order valence-electron chi connectivity index (χ2n) is 4.42. The van der Waals surface area contributed by atoms with Crippen molar-refractivity contribution in [2.24, 2.45) is 11.1 Å². The fraction of sp³-hybridized carbons (Fsp3) is 0.455. The maximum atomic E-state index is 9.12. The predicted octanol–water partition coefficient (Wildman–Crippen LogP) is 1.84. The van der Waals surface area contributed by atoms with Crippen LogP contribution in [0.1, 0.15) is 25.3 Å². The minimum Gasteiger partial charge on any atom is -0.508 e. The van der Waals surface area contributed by atoms with Crippen molar-refractivity contribution in [1.29, 1.82) is 0 Å². The highest BCUT2D eigenvalue weighted by atomic mass is 16.3. The minimum absolute atomic E-state index is 0.219. The summed E-state index contributed by atoms with van der Waals surface area (Å²) in [4.78, 5) is 0. The Kier molecular flexibility index (Phi) is 1.64. The Morgan fingerprint density at radius 3 is 2.08 bits per heavy atom. The SMILES string of the molecule is CC1(C)[C@H](N)[C@H]1c1ccc(O)cc1. The standard InChI is InChI=1S/C11H15NO/c1-11(2)9(10(11)12)7-3-5-8(13)6-4-7/h3-6,9-10,13H,12H2,1-2H3/t9-,10-/m1/s1. The smallest absolute Gasteiger partial charge is 0.115 e. The summed E-state index contributed by atoms with van der Waals surface area (Å²) in [5.74, 6) is 0.767. The van der Waals surface area contributed by atoms with Crippen LogP contribution in [0.15, 0.2) is 24.3 Å². The van der Waals surface area contributed by atoms with Gasteiger partial charge in [0.2, 0.25) is 0 Å². The summed E-state index contributed by atoms with van der Waals surface area (Å²) in [7, 11) is 0. The summed E-state index contributed by atoms with van der Waals surface area (Å²) in [6, 6.07) is 7.60. The normalized spacial score (nSPS) is 30.1. The van der Waals surface area contributed by atoms with Crippen molar-refractivity contribution in [3.05, 3.63) is 29.8 Å². The molecule has 1 aromatic rings. The van der Waals surface area contributed by atoms with E-state index in [9.17, 15) is 0 Å². The van der Waals surface area contributed by atoms with Gasteiger partial charge in [0.15, 0.2) is 0 Å². The first kappa shape index (κ1) is 8.57. The molecule has 1 saturated carbocycles. The zero-order valence-electron chi connectivity index (χ0n) is 7.99. The average molecular weight is 177 g/mol. The van der Waals surface area contributed by atoms with E-state index < -0.39 is 0 Å². The van der Waals surface area contributed by atoms with Gasteiger partial charge in [-0.05, 0) is 23.1 Å². The molecule has 3 N–H and O–H groups in total. The van der Waals surface area contributed by atoms with Gasteiger partial charge in [-0.1, -0.05) is 26.0 Å².